The summed E-state index contributed by atoms with van der Waals surface area (Å²) in [5.74, 6) is -0.507. The molecule has 0 heterocycles. The zero-order chi connectivity index (χ0) is 23.1. The summed E-state index contributed by atoms with van der Waals surface area (Å²) in [5.41, 5.74) is 5.18. The Kier molecular flexibility index (Phi) is 7.89. The number of hydrogen-bond donors (Lipinski definition) is 3. The lowest BCUT2D eigenvalue weighted by Gasteiger charge is -2.28. The Hall–Kier alpha value is -2.88. The van der Waals surface area contributed by atoms with Crippen LogP contribution in [0.3, 0.4) is 0 Å². The third kappa shape index (κ3) is 6.81. The van der Waals surface area contributed by atoms with Crippen molar-refractivity contribution < 1.29 is 19.7 Å². The first-order valence-electron chi connectivity index (χ1n) is 11.2. The molecule has 6 heteroatoms. The molecule has 3 N–H and O–H groups in total. The Morgan fingerprint density at radius 2 is 1.94 bits per heavy atom. The first-order chi connectivity index (χ1) is 15.3. The number of fused-ring (bicyclic) bond motifs is 1. The van der Waals surface area contributed by atoms with Gasteiger partial charge in [0.15, 0.2) is 0 Å². The second kappa shape index (κ2) is 10.6. The number of carboxylic acids is 1. The van der Waals surface area contributed by atoms with Crippen LogP contribution in [0.25, 0.3) is 0 Å². The highest BCUT2D eigenvalue weighted by Crippen LogP contribution is 2.25. The Balaban J connectivity index is 1.51. The van der Waals surface area contributed by atoms with Gasteiger partial charge in [-0.05, 0) is 80.3 Å². The Morgan fingerprint density at radius 1 is 1.19 bits per heavy atom. The number of rotatable bonds is 11. The van der Waals surface area contributed by atoms with Crippen molar-refractivity contribution >= 4 is 5.97 Å². The quantitative estimate of drug-likeness (QED) is 0.499. The third-order valence-corrected chi connectivity index (χ3v) is 5.85. The number of nitrogens with one attached hydrogen (secondary N) is 1. The van der Waals surface area contributed by atoms with Crippen LogP contribution in [0.15, 0.2) is 36.4 Å². The number of carboxylic acid groups (broad SMARTS) is 1. The number of hydrogen-bond acceptors (Lipinski definition) is 5. The highest BCUT2D eigenvalue weighted by molar-refractivity contribution is 5.67. The lowest BCUT2D eigenvalue weighted by molar-refractivity contribution is -0.136. The number of aliphatic hydroxyl groups excluding tert-OH is 1. The smallest absolute Gasteiger partial charge is 0.303 e. The van der Waals surface area contributed by atoms with E-state index >= 15 is 0 Å². The highest BCUT2D eigenvalue weighted by Gasteiger charge is 2.21. The molecule has 1 unspecified atom stereocenters. The molecule has 1 aliphatic rings. The van der Waals surface area contributed by atoms with Gasteiger partial charge in [-0.25, -0.2) is 0 Å². The molecule has 0 aromatic heterocycles. The fourth-order valence-electron chi connectivity index (χ4n) is 4.13. The van der Waals surface area contributed by atoms with Gasteiger partial charge in [-0.3, -0.25) is 4.79 Å². The van der Waals surface area contributed by atoms with Crippen LogP contribution in [-0.2, 0) is 30.5 Å². The molecule has 0 aliphatic heterocycles. The number of benzene rings is 2. The number of aliphatic carboxylic acids is 1. The van der Waals surface area contributed by atoms with Crippen molar-refractivity contribution in [2.75, 3.05) is 13.2 Å². The second-order valence-corrected chi connectivity index (χ2v) is 9.20. The van der Waals surface area contributed by atoms with Crippen LogP contribution in [-0.4, -0.2) is 41.0 Å². The van der Waals surface area contributed by atoms with E-state index < -0.39 is 12.1 Å². The standard InChI is InChI=1S/C26H32N2O4/c1-26(2,14-19-7-9-20-4-3-5-21(20)12-19)28-16-23(29)17-32-24-13-18(8-11-25(30)31)6-10-22(24)15-27/h6-7,9-10,12-13,23,28-29H,3-5,8,11,14,16-17H2,1-2H3,(H,30,31). The van der Waals surface area contributed by atoms with E-state index in [4.69, 9.17) is 9.84 Å². The van der Waals surface area contributed by atoms with Crippen molar-refractivity contribution in [3.05, 3.63) is 64.2 Å². The van der Waals surface area contributed by atoms with E-state index in [1.165, 1.54) is 29.5 Å². The van der Waals surface area contributed by atoms with Gasteiger partial charge in [-0.2, -0.15) is 5.26 Å². The summed E-state index contributed by atoms with van der Waals surface area (Å²) in [4.78, 5) is 10.8. The molecule has 0 bridgehead atoms. The van der Waals surface area contributed by atoms with E-state index in [9.17, 15) is 15.2 Å². The molecule has 0 spiro atoms. The molecule has 32 heavy (non-hydrogen) atoms. The maximum Gasteiger partial charge on any atom is 0.303 e. The molecule has 170 valence electrons. The molecule has 0 fully saturated rings. The minimum Gasteiger partial charge on any atom is -0.489 e. The fourth-order valence-corrected chi connectivity index (χ4v) is 4.13. The maximum atomic E-state index is 10.8. The molecule has 0 radical (unpaired) electrons. The van der Waals surface area contributed by atoms with Gasteiger partial charge in [0.1, 0.15) is 24.5 Å². The largest absolute Gasteiger partial charge is 0.489 e. The Morgan fingerprint density at radius 3 is 2.69 bits per heavy atom. The SMILES string of the molecule is CC(C)(Cc1ccc2c(c1)CCC2)NCC(O)COc1cc(CCC(=O)O)ccc1C#N. The first-order valence-corrected chi connectivity index (χ1v) is 11.2. The zero-order valence-electron chi connectivity index (χ0n) is 18.9. The molecule has 3 rings (SSSR count). The molecule has 0 amide bonds. The summed E-state index contributed by atoms with van der Waals surface area (Å²) in [6, 6.07) is 13.9. The van der Waals surface area contributed by atoms with Crippen molar-refractivity contribution in [1.82, 2.24) is 5.32 Å². The minimum atomic E-state index is -0.874. The lowest BCUT2D eigenvalue weighted by atomic mass is 9.93. The van der Waals surface area contributed by atoms with Crippen LogP contribution < -0.4 is 10.1 Å². The van der Waals surface area contributed by atoms with Gasteiger partial charge in [-0.15, -0.1) is 0 Å². The van der Waals surface area contributed by atoms with Crippen LogP contribution in [0.5, 0.6) is 5.75 Å². The average Bonchev–Trinajstić information content (AvgIpc) is 3.22. The number of aryl methyl sites for hydroxylation is 3. The monoisotopic (exact) mass is 436 g/mol. The normalized spacial score (nSPS) is 13.9. The van der Waals surface area contributed by atoms with Crippen LogP contribution in [0.4, 0.5) is 0 Å². The predicted octanol–water partition coefficient (Wildman–Crippen LogP) is 3.41. The van der Waals surface area contributed by atoms with E-state index in [0.717, 1.165) is 18.4 Å². The summed E-state index contributed by atoms with van der Waals surface area (Å²) >= 11 is 0. The van der Waals surface area contributed by atoms with E-state index in [-0.39, 0.29) is 18.6 Å². The summed E-state index contributed by atoms with van der Waals surface area (Å²) in [6.45, 7) is 4.64. The zero-order valence-corrected chi connectivity index (χ0v) is 18.9. The van der Waals surface area contributed by atoms with E-state index in [0.29, 0.717) is 24.3 Å². The van der Waals surface area contributed by atoms with Gasteiger partial charge >= 0.3 is 5.97 Å². The molecular formula is C26H32N2O4. The summed E-state index contributed by atoms with van der Waals surface area (Å²) < 4.78 is 5.71. The number of aliphatic hydroxyl groups is 1. The van der Waals surface area contributed by atoms with Crippen molar-refractivity contribution in [2.45, 2.75) is 64.0 Å². The van der Waals surface area contributed by atoms with Gasteiger partial charge in [0.2, 0.25) is 0 Å². The van der Waals surface area contributed by atoms with Gasteiger partial charge in [-0.1, -0.05) is 24.3 Å². The maximum absolute atomic E-state index is 10.8. The Labute approximate surface area is 189 Å². The molecule has 1 aliphatic carbocycles. The number of nitrogens with zero attached hydrogens (tertiary/aromatic N) is 1. The Bertz CT molecular complexity index is 994. The molecule has 0 saturated carbocycles. The molecular weight excluding hydrogens is 404 g/mol. The molecule has 0 saturated heterocycles. The number of carbonyl (C=O) groups is 1. The summed E-state index contributed by atoms with van der Waals surface area (Å²) in [7, 11) is 0. The summed E-state index contributed by atoms with van der Waals surface area (Å²) in [5, 5.41) is 32.0. The fraction of sp³-hybridized carbons (Fsp3) is 0.462. The van der Waals surface area contributed by atoms with Gasteiger partial charge < -0.3 is 20.3 Å². The molecule has 2 aromatic rings. The van der Waals surface area contributed by atoms with E-state index in [1.54, 1.807) is 18.2 Å². The van der Waals surface area contributed by atoms with Crippen molar-refractivity contribution in [1.29, 1.82) is 5.26 Å². The number of ether oxygens (including phenoxy) is 1. The average molecular weight is 437 g/mol. The lowest BCUT2D eigenvalue weighted by Crippen LogP contribution is -2.46. The number of nitriles is 1. The van der Waals surface area contributed by atoms with Gasteiger partial charge in [0.05, 0.1) is 5.56 Å². The van der Waals surface area contributed by atoms with Crippen LogP contribution >= 0.6 is 0 Å². The van der Waals surface area contributed by atoms with E-state index in [2.05, 4.69) is 43.4 Å². The van der Waals surface area contributed by atoms with Crippen LogP contribution in [0.1, 0.15) is 54.5 Å². The minimum absolute atomic E-state index is 0.0111. The van der Waals surface area contributed by atoms with Crippen molar-refractivity contribution in [2.24, 2.45) is 0 Å². The predicted molar refractivity (Wildman–Crippen MR) is 123 cm³/mol. The molecule has 2 aromatic carbocycles. The first kappa shape index (κ1) is 23.8. The van der Waals surface area contributed by atoms with Gasteiger partial charge in [0.25, 0.3) is 0 Å². The highest BCUT2D eigenvalue weighted by atomic mass is 16.5. The van der Waals surface area contributed by atoms with E-state index in [1.807, 2.05) is 0 Å². The molecule has 1 atom stereocenters. The van der Waals surface area contributed by atoms with Crippen LogP contribution in [0.2, 0.25) is 0 Å². The summed E-state index contributed by atoms with van der Waals surface area (Å²) in [6.07, 6.45) is 4.06. The van der Waals surface area contributed by atoms with Crippen LogP contribution in [0, 0.1) is 11.3 Å². The third-order valence-electron chi connectivity index (χ3n) is 5.85. The van der Waals surface area contributed by atoms with Crippen molar-refractivity contribution in [3.63, 3.8) is 0 Å². The molecule has 6 nitrogen and oxygen atoms in total. The number of β-amino-alcohol motifs (C(OH)–C–C–N with tert-alkyl or cyclic N) is 1. The van der Waals surface area contributed by atoms with Crippen molar-refractivity contribution in [3.8, 4) is 11.8 Å². The van der Waals surface area contributed by atoms with Gasteiger partial charge in [0, 0.05) is 18.5 Å². The second-order valence-electron chi connectivity index (χ2n) is 9.20. The topological polar surface area (TPSA) is 103 Å².